The molecule has 1 heterocycles. The lowest BCUT2D eigenvalue weighted by atomic mass is 10.2. The fraction of sp³-hybridized carbons (Fsp3) is 0.214. The van der Waals surface area contributed by atoms with Gasteiger partial charge in [-0.15, -0.1) is 0 Å². The maximum Gasteiger partial charge on any atom is 0.190 e. The molecule has 0 bridgehead atoms. The van der Waals surface area contributed by atoms with Gasteiger partial charge in [-0.3, -0.25) is 0 Å². The number of thioether (sulfide) groups is 1. The minimum Gasteiger partial charge on any atom is -0.382 e. The highest BCUT2D eigenvalue weighted by molar-refractivity contribution is 7.98. The zero-order chi connectivity index (χ0) is 13.8. The average molecular weight is 270 g/mol. The van der Waals surface area contributed by atoms with E-state index in [-0.39, 0.29) is 5.82 Å². The molecule has 19 heavy (non-hydrogen) atoms. The minimum absolute atomic E-state index is 0.252. The van der Waals surface area contributed by atoms with Gasteiger partial charge in [0.2, 0.25) is 0 Å². The molecule has 5 heteroatoms. The van der Waals surface area contributed by atoms with Gasteiger partial charge < -0.3 is 5.73 Å². The quantitative estimate of drug-likeness (QED) is 0.685. The maximum absolute atomic E-state index is 8.91. The van der Waals surface area contributed by atoms with Crippen LogP contribution in [-0.4, -0.2) is 9.97 Å². The van der Waals surface area contributed by atoms with E-state index < -0.39 is 0 Å². The molecule has 0 aliphatic heterocycles. The van der Waals surface area contributed by atoms with Crippen LogP contribution in [0.15, 0.2) is 29.4 Å². The molecule has 0 fully saturated rings. The van der Waals surface area contributed by atoms with E-state index in [9.17, 15) is 0 Å². The molecule has 0 atom stereocenters. The number of rotatable bonds is 3. The summed E-state index contributed by atoms with van der Waals surface area (Å²) in [6, 6.07) is 10.3. The lowest BCUT2D eigenvalue weighted by Gasteiger charge is -2.05. The van der Waals surface area contributed by atoms with Gasteiger partial charge in [0.25, 0.3) is 0 Å². The Balaban J connectivity index is 2.15. The second-order valence-corrected chi connectivity index (χ2v) is 5.18. The first kappa shape index (κ1) is 13.4. The van der Waals surface area contributed by atoms with E-state index in [1.165, 1.54) is 22.9 Å². The Labute approximate surface area is 116 Å². The molecule has 0 aliphatic rings. The topological polar surface area (TPSA) is 75.6 Å². The van der Waals surface area contributed by atoms with Crippen LogP contribution in [0.4, 0.5) is 5.82 Å². The summed E-state index contributed by atoms with van der Waals surface area (Å²) >= 11 is 1.52. The fourth-order valence-electron chi connectivity index (χ4n) is 1.72. The van der Waals surface area contributed by atoms with Gasteiger partial charge in [-0.1, -0.05) is 41.6 Å². The Morgan fingerprint density at radius 1 is 1.32 bits per heavy atom. The molecule has 0 aliphatic carbocycles. The summed E-state index contributed by atoms with van der Waals surface area (Å²) in [7, 11) is 0. The molecule has 0 saturated heterocycles. The number of aromatic nitrogens is 2. The van der Waals surface area contributed by atoms with Crippen LogP contribution in [0.2, 0.25) is 0 Å². The number of nitrogen functional groups attached to an aromatic ring is 1. The summed E-state index contributed by atoms with van der Waals surface area (Å²) < 4.78 is 0. The van der Waals surface area contributed by atoms with Crippen LogP contribution in [-0.2, 0) is 5.75 Å². The van der Waals surface area contributed by atoms with Crippen molar-refractivity contribution in [2.24, 2.45) is 0 Å². The number of anilines is 1. The summed E-state index contributed by atoms with van der Waals surface area (Å²) in [5.74, 6) is 1.04. The molecular formula is C14H14N4S. The van der Waals surface area contributed by atoms with Crippen molar-refractivity contribution in [3.63, 3.8) is 0 Å². The van der Waals surface area contributed by atoms with Gasteiger partial charge in [-0.2, -0.15) is 5.26 Å². The lowest BCUT2D eigenvalue weighted by molar-refractivity contribution is 0.932. The predicted octanol–water partition coefficient (Wildman–Crippen LogP) is 2.84. The molecule has 96 valence electrons. The van der Waals surface area contributed by atoms with Crippen LogP contribution < -0.4 is 5.73 Å². The number of hydrogen-bond donors (Lipinski definition) is 1. The van der Waals surface area contributed by atoms with Crippen molar-refractivity contribution in [3.8, 4) is 6.07 Å². The van der Waals surface area contributed by atoms with Gasteiger partial charge in [0.1, 0.15) is 17.5 Å². The van der Waals surface area contributed by atoms with Crippen molar-refractivity contribution in [1.29, 1.82) is 5.26 Å². The molecular weight excluding hydrogens is 256 g/mol. The molecule has 0 unspecified atom stereocenters. The Bertz CT molecular complexity index is 623. The standard InChI is InChI=1S/C14H14N4S/c1-9-4-3-5-11(6-9)8-19-14-17-10(2)12(7-15)13(16)18-14/h3-6H,8H2,1-2H3,(H2,16,17,18). The summed E-state index contributed by atoms with van der Waals surface area (Å²) in [4.78, 5) is 8.44. The van der Waals surface area contributed by atoms with Gasteiger partial charge in [0, 0.05) is 5.75 Å². The Kier molecular flexibility index (Phi) is 4.03. The SMILES string of the molecule is Cc1cccc(CSc2nc(C)c(C#N)c(N)n2)c1. The molecule has 2 aromatic rings. The summed E-state index contributed by atoms with van der Waals surface area (Å²) in [5.41, 5.74) is 9.17. The van der Waals surface area contributed by atoms with Crippen molar-refractivity contribution in [1.82, 2.24) is 9.97 Å². The molecule has 4 nitrogen and oxygen atoms in total. The van der Waals surface area contributed by atoms with Crippen molar-refractivity contribution in [2.45, 2.75) is 24.8 Å². The highest BCUT2D eigenvalue weighted by Gasteiger charge is 2.09. The zero-order valence-electron chi connectivity index (χ0n) is 10.8. The van der Waals surface area contributed by atoms with Crippen LogP contribution >= 0.6 is 11.8 Å². The van der Waals surface area contributed by atoms with Crippen LogP contribution in [0.1, 0.15) is 22.4 Å². The Hall–Kier alpha value is -2.06. The van der Waals surface area contributed by atoms with Crippen LogP contribution in [0.3, 0.4) is 0 Å². The molecule has 0 radical (unpaired) electrons. The van der Waals surface area contributed by atoms with Crippen molar-refractivity contribution in [3.05, 3.63) is 46.6 Å². The first-order valence-electron chi connectivity index (χ1n) is 5.82. The molecule has 0 spiro atoms. The van der Waals surface area contributed by atoms with Gasteiger partial charge in [-0.05, 0) is 19.4 Å². The molecule has 1 aromatic heterocycles. The summed E-state index contributed by atoms with van der Waals surface area (Å²) in [6.07, 6.45) is 0. The van der Waals surface area contributed by atoms with Gasteiger partial charge in [0.15, 0.2) is 5.16 Å². The van der Waals surface area contributed by atoms with E-state index in [1.54, 1.807) is 6.92 Å². The minimum atomic E-state index is 0.252. The van der Waals surface area contributed by atoms with E-state index in [1.807, 2.05) is 12.1 Å². The van der Waals surface area contributed by atoms with E-state index in [0.29, 0.717) is 16.4 Å². The largest absolute Gasteiger partial charge is 0.382 e. The number of nitrogens with two attached hydrogens (primary N) is 1. The van der Waals surface area contributed by atoms with Gasteiger partial charge >= 0.3 is 0 Å². The van der Waals surface area contributed by atoms with Crippen molar-refractivity contribution < 1.29 is 0 Å². The zero-order valence-corrected chi connectivity index (χ0v) is 11.7. The third kappa shape index (κ3) is 3.24. The smallest absolute Gasteiger partial charge is 0.190 e. The van der Waals surface area contributed by atoms with Crippen molar-refractivity contribution >= 4 is 17.6 Å². The summed E-state index contributed by atoms with van der Waals surface area (Å²) in [6.45, 7) is 3.84. The number of hydrogen-bond acceptors (Lipinski definition) is 5. The maximum atomic E-state index is 8.91. The van der Waals surface area contributed by atoms with Gasteiger partial charge in [-0.25, -0.2) is 9.97 Å². The van der Waals surface area contributed by atoms with Crippen LogP contribution in [0, 0.1) is 25.2 Å². The second-order valence-electron chi connectivity index (χ2n) is 4.24. The number of nitriles is 1. The summed E-state index contributed by atoms with van der Waals surface area (Å²) in [5, 5.41) is 9.52. The highest BCUT2D eigenvalue weighted by atomic mass is 32.2. The normalized spacial score (nSPS) is 10.2. The Morgan fingerprint density at radius 3 is 2.74 bits per heavy atom. The average Bonchev–Trinajstić information content (AvgIpc) is 2.36. The van der Waals surface area contributed by atoms with E-state index in [2.05, 4.69) is 35.1 Å². The third-order valence-electron chi connectivity index (χ3n) is 2.66. The molecule has 0 saturated carbocycles. The lowest BCUT2D eigenvalue weighted by Crippen LogP contribution is -2.02. The number of benzene rings is 1. The predicted molar refractivity (Wildman–Crippen MR) is 76.6 cm³/mol. The first-order valence-corrected chi connectivity index (χ1v) is 6.81. The molecule has 2 rings (SSSR count). The van der Waals surface area contributed by atoms with Crippen LogP contribution in [0.5, 0.6) is 0 Å². The number of aryl methyl sites for hydroxylation is 2. The van der Waals surface area contributed by atoms with Gasteiger partial charge in [0.05, 0.1) is 5.69 Å². The van der Waals surface area contributed by atoms with E-state index in [0.717, 1.165) is 5.75 Å². The second kappa shape index (κ2) is 5.72. The molecule has 2 N–H and O–H groups in total. The van der Waals surface area contributed by atoms with E-state index in [4.69, 9.17) is 11.0 Å². The number of nitrogens with zero attached hydrogens (tertiary/aromatic N) is 3. The van der Waals surface area contributed by atoms with E-state index >= 15 is 0 Å². The third-order valence-corrected chi connectivity index (χ3v) is 3.58. The highest BCUT2D eigenvalue weighted by Crippen LogP contribution is 2.22. The molecule has 0 amide bonds. The molecule has 1 aromatic carbocycles. The van der Waals surface area contributed by atoms with Crippen LogP contribution in [0.25, 0.3) is 0 Å². The first-order chi connectivity index (χ1) is 9.10. The Morgan fingerprint density at radius 2 is 2.11 bits per heavy atom. The fourth-order valence-corrected chi connectivity index (χ4v) is 2.56. The van der Waals surface area contributed by atoms with Crippen molar-refractivity contribution in [2.75, 3.05) is 5.73 Å². The monoisotopic (exact) mass is 270 g/mol.